The molecule has 0 amide bonds. The number of fused-ring (bicyclic) bond motifs is 3. The normalized spacial score (nSPS) is 11.2. The summed E-state index contributed by atoms with van der Waals surface area (Å²) in [7, 11) is 0. The predicted octanol–water partition coefficient (Wildman–Crippen LogP) is 6.12. The number of benzene rings is 4. The molecule has 0 unspecified atom stereocenters. The highest BCUT2D eigenvalue weighted by molar-refractivity contribution is 7.98. The van der Waals surface area contributed by atoms with Crippen molar-refractivity contribution in [3.8, 4) is 17.2 Å². The second kappa shape index (κ2) is 9.12. The molecule has 0 aliphatic rings. The van der Waals surface area contributed by atoms with Crippen LogP contribution in [0.3, 0.4) is 0 Å². The number of para-hydroxylation sites is 3. The van der Waals surface area contributed by atoms with E-state index in [1.54, 1.807) is 16.3 Å². The van der Waals surface area contributed by atoms with Gasteiger partial charge in [0, 0.05) is 5.75 Å². The van der Waals surface area contributed by atoms with Gasteiger partial charge in [-0.05, 0) is 54.1 Å². The fraction of sp³-hybridized carbons (Fsp3) is 0.0357. The number of rotatable bonds is 6. The Bertz CT molecular complexity index is 1700. The summed E-state index contributed by atoms with van der Waals surface area (Å²) in [6.07, 6.45) is 0. The minimum absolute atomic E-state index is 0.117. The Kier molecular flexibility index (Phi) is 5.52. The number of nitrogens with zero attached hydrogens (tertiary/aromatic N) is 4. The fourth-order valence-electron chi connectivity index (χ4n) is 4.05. The maximum Gasteiger partial charge on any atom is 0.267 e. The molecular formula is C28H20N4O2S. The van der Waals surface area contributed by atoms with Gasteiger partial charge in [0.1, 0.15) is 11.5 Å². The molecular weight excluding hydrogens is 456 g/mol. The van der Waals surface area contributed by atoms with Crippen LogP contribution in [0.5, 0.6) is 11.5 Å². The quantitative estimate of drug-likeness (QED) is 0.271. The summed E-state index contributed by atoms with van der Waals surface area (Å²) in [4.78, 5) is 13.4. The molecule has 0 fully saturated rings. The topological polar surface area (TPSA) is 61.4 Å². The molecule has 0 saturated carbocycles. The Morgan fingerprint density at radius 2 is 1.46 bits per heavy atom. The van der Waals surface area contributed by atoms with Crippen LogP contribution in [0.1, 0.15) is 5.56 Å². The molecule has 7 heteroatoms. The van der Waals surface area contributed by atoms with Crippen molar-refractivity contribution in [1.29, 1.82) is 0 Å². The standard InChI is InChI=1S/C28H20N4O2S/c33-26-24-16-7-8-17-25(24)32-27(31(26)21-11-3-1-4-12-21)29-30-28(32)35-19-20-10-9-15-23(18-20)34-22-13-5-2-6-14-22/h1-18H,19H2. The van der Waals surface area contributed by atoms with Crippen molar-refractivity contribution in [2.75, 3.05) is 0 Å². The molecule has 0 saturated heterocycles. The Morgan fingerprint density at radius 1 is 0.743 bits per heavy atom. The molecule has 2 heterocycles. The van der Waals surface area contributed by atoms with E-state index in [1.165, 1.54) is 0 Å². The predicted molar refractivity (Wildman–Crippen MR) is 139 cm³/mol. The lowest BCUT2D eigenvalue weighted by molar-refractivity contribution is 0.482. The summed E-state index contributed by atoms with van der Waals surface area (Å²) in [6, 6.07) is 34.9. The average Bonchev–Trinajstić information content (AvgIpc) is 3.33. The highest BCUT2D eigenvalue weighted by atomic mass is 32.2. The SMILES string of the molecule is O=c1c2ccccc2n2c(SCc3cccc(Oc4ccccc4)c3)nnc2n1-c1ccccc1. The summed E-state index contributed by atoms with van der Waals surface area (Å²) in [5, 5.41) is 10.2. The average molecular weight is 477 g/mol. The molecule has 2 aromatic heterocycles. The zero-order valence-corrected chi connectivity index (χ0v) is 19.4. The van der Waals surface area contributed by atoms with E-state index in [2.05, 4.69) is 16.3 Å². The lowest BCUT2D eigenvalue weighted by Crippen LogP contribution is -2.21. The molecule has 6 nitrogen and oxygen atoms in total. The maximum absolute atomic E-state index is 13.4. The first-order chi connectivity index (χ1) is 17.3. The molecule has 4 aromatic carbocycles. The molecule has 0 radical (unpaired) electrons. The van der Waals surface area contributed by atoms with Crippen LogP contribution in [0.25, 0.3) is 22.4 Å². The third-order valence-electron chi connectivity index (χ3n) is 5.65. The second-order valence-electron chi connectivity index (χ2n) is 7.96. The summed E-state index contributed by atoms with van der Waals surface area (Å²) in [5.74, 6) is 2.74. The molecule has 0 aliphatic heterocycles. The third kappa shape index (κ3) is 4.06. The van der Waals surface area contributed by atoms with Gasteiger partial charge < -0.3 is 4.74 Å². The summed E-state index contributed by atoms with van der Waals surface area (Å²) in [6.45, 7) is 0. The molecule has 0 spiro atoms. The fourth-order valence-corrected chi connectivity index (χ4v) is 4.94. The molecule has 35 heavy (non-hydrogen) atoms. The lowest BCUT2D eigenvalue weighted by Gasteiger charge is -2.11. The van der Waals surface area contributed by atoms with E-state index in [4.69, 9.17) is 4.74 Å². The third-order valence-corrected chi connectivity index (χ3v) is 6.65. The van der Waals surface area contributed by atoms with E-state index < -0.39 is 0 Å². The number of aromatic nitrogens is 4. The summed E-state index contributed by atoms with van der Waals surface area (Å²) < 4.78 is 9.56. The van der Waals surface area contributed by atoms with Crippen molar-refractivity contribution in [2.24, 2.45) is 0 Å². The second-order valence-corrected chi connectivity index (χ2v) is 8.90. The van der Waals surface area contributed by atoms with Gasteiger partial charge in [0.2, 0.25) is 5.78 Å². The first-order valence-electron chi connectivity index (χ1n) is 11.2. The minimum Gasteiger partial charge on any atom is -0.457 e. The molecule has 6 rings (SSSR count). The van der Waals surface area contributed by atoms with Gasteiger partial charge in [0.25, 0.3) is 5.56 Å². The monoisotopic (exact) mass is 476 g/mol. The Balaban J connectivity index is 1.38. The molecule has 6 aromatic rings. The Morgan fingerprint density at radius 3 is 2.29 bits per heavy atom. The molecule has 0 atom stereocenters. The summed E-state index contributed by atoms with van der Waals surface area (Å²) >= 11 is 1.57. The zero-order valence-electron chi connectivity index (χ0n) is 18.6. The van der Waals surface area contributed by atoms with Gasteiger partial charge in [-0.1, -0.05) is 72.4 Å². The van der Waals surface area contributed by atoms with Crippen LogP contribution >= 0.6 is 11.8 Å². The smallest absolute Gasteiger partial charge is 0.267 e. The zero-order chi connectivity index (χ0) is 23.6. The van der Waals surface area contributed by atoms with Crippen LogP contribution in [0.4, 0.5) is 0 Å². The van der Waals surface area contributed by atoms with Crippen LogP contribution in [0, 0.1) is 0 Å². The van der Waals surface area contributed by atoms with Crippen LogP contribution < -0.4 is 10.3 Å². The maximum atomic E-state index is 13.4. The number of hydrogen-bond donors (Lipinski definition) is 0. The van der Waals surface area contributed by atoms with Crippen molar-refractivity contribution >= 4 is 28.4 Å². The van der Waals surface area contributed by atoms with Crippen LogP contribution in [-0.2, 0) is 5.75 Å². The number of hydrogen-bond acceptors (Lipinski definition) is 5. The Labute approximate surface area is 205 Å². The van der Waals surface area contributed by atoms with E-state index in [1.807, 2.05) is 108 Å². The number of thioether (sulfide) groups is 1. The molecule has 0 N–H and O–H groups in total. The Hall–Kier alpha value is -4.36. The van der Waals surface area contributed by atoms with Crippen LogP contribution in [-0.4, -0.2) is 19.2 Å². The van der Waals surface area contributed by atoms with Gasteiger partial charge >= 0.3 is 0 Å². The van der Waals surface area contributed by atoms with E-state index in [-0.39, 0.29) is 5.56 Å². The van der Waals surface area contributed by atoms with Crippen molar-refractivity contribution in [2.45, 2.75) is 10.9 Å². The van der Waals surface area contributed by atoms with Crippen LogP contribution in [0.2, 0.25) is 0 Å². The van der Waals surface area contributed by atoms with Crippen molar-refractivity contribution in [3.05, 3.63) is 125 Å². The largest absolute Gasteiger partial charge is 0.457 e. The van der Waals surface area contributed by atoms with Gasteiger partial charge in [0.05, 0.1) is 16.6 Å². The van der Waals surface area contributed by atoms with E-state index >= 15 is 0 Å². The van der Waals surface area contributed by atoms with Gasteiger partial charge in [-0.15, -0.1) is 10.2 Å². The van der Waals surface area contributed by atoms with E-state index in [0.717, 1.165) is 33.4 Å². The van der Waals surface area contributed by atoms with Crippen molar-refractivity contribution in [3.63, 3.8) is 0 Å². The summed E-state index contributed by atoms with van der Waals surface area (Å²) in [5.41, 5.74) is 2.52. The van der Waals surface area contributed by atoms with E-state index in [0.29, 0.717) is 16.9 Å². The van der Waals surface area contributed by atoms with Crippen LogP contribution in [0.15, 0.2) is 119 Å². The number of ether oxygens (including phenoxy) is 1. The van der Waals surface area contributed by atoms with E-state index in [9.17, 15) is 4.79 Å². The lowest BCUT2D eigenvalue weighted by atomic mass is 10.2. The first kappa shape index (κ1) is 21.2. The first-order valence-corrected chi connectivity index (χ1v) is 12.2. The van der Waals surface area contributed by atoms with Gasteiger partial charge in [-0.2, -0.15) is 0 Å². The molecule has 170 valence electrons. The highest BCUT2D eigenvalue weighted by Crippen LogP contribution is 2.28. The van der Waals surface area contributed by atoms with Gasteiger partial charge in [-0.3, -0.25) is 9.20 Å². The molecule has 0 bridgehead atoms. The highest BCUT2D eigenvalue weighted by Gasteiger charge is 2.17. The van der Waals surface area contributed by atoms with Gasteiger partial charge in [0.15, 0.2) is 5.16 Å². The minimum atomic E-state index is -0.117. The van der Waals surface area contributed by atoms with Crippen molar-refractivity contribution < 1.29 is 4.74 Å². The van der Waals surface area contributed by atoms with Crippen molar-refractivity contribution in [1.82, 2.24) is 19.2 Å². The molecule has 0 aliphatic carbocycles. The van der Waals surface area contributed by atoms with Gasteiger partial charge in [-0.25, -0.2) is 4.57 Å².